The van der Waals surface area contributed by atoms with Crippen molar-refractivity contribution in [3.63, 3.8) is 0 Å². The predicted molar refractivity (Wildman–Crippen MR) is 95.5 cm³/mol. The molecule has 3 aromatic heterocycles. The number of nitrogens with one attached hydrogen (secondary N) is 1. The van der Waals surface area contributed by atoms with E-state index in [2.05, 4.69) is 30.5 Å². The van der Waals surface area contributed by atoms with Gasteiger partial charge < -0.3 is 4.90 Å². The molecule has 130 valence electrons. The third-order valence-corrected chi connectivity index (χ3v) is 5.74. The molecule has 3 aromatic rings. The van der Waals surface area contributed by atoms with Crippen LogP contribution in [0.25, 0.3) is 10.7 Å². The number of fused-ring (bicyclic) bond motifs is 4. The molecule has 26 heavy (non-hydrogen) atoms. The number of amides is 2. The van der Waals surface area contributed by atoms with Crippen LogP contribution in [0.1, 0.15) is 30.1 Å². The highest BCUT2D eigenvalue weighted by atomic mass is 32.1. The van der Waals surface area contributed by atoms with Gasteiger partial charge in [-0.05, 0) is 25.0 Å². The van der Waals surface area contributed by atoms with Crippen LogP contribution in [0.3, 0.4) is 0 Å². The first-order valence-electron chi connectivity index (χ1n) is 8.42. The van der Waals surface area contributed by atoms with Gasteiger partial charge in [-0.25, -0.2) is 14.8 Å². The fourth-order valence-electron chi connectivity index (χ4n) is 3.76. The normalized spacial score (nSPS) is 20.7. The summed E-state index contributed by atoms with van der Waals surface area (Å²) in [5.41, 5.74) is 2.86. The van der Waals surface area contributed by atoms with E-state index in [4.69, 9.17) is 0 Å². The predicted octanol–water partition coefficient (Wildman–Crippen LogP) is 2.68. The topological polar surface area (TPSA) is 96.8 Å². The van der Waals surface area contributed by atoms with Gasteiger partial charge in [-0.3, -0.25) is 10.3 Å². The Morgan fingerprint density at radius 2 is 2.19 bits per heavy atom. The van der Waals surface area contributed by atoms with Gasteiger partial charge in [0.05, 0.1) is 11.7 Å². The molecule has 2 bridgehead atoms. The van der Waals surface area contributed by atoms with Crippen molar-refractivity contribution in [3.05, 3.63) is 48.2 Å². The van der Waals surface area contributed by atoms with Gasteiger partial charge in [0.2, 0.25) is 5.13 Å². The van der Waals surface area contributed by atoms with Gasteiger partial charge in [-0.15, -0.1) is 10.2 Å². The molecule has 2 atom stereocenters. The molecule has 0 spiro atoms. The zero-order chi connectivity index (χ0) is 17.5. The molecule has 2 aliphatic heterocycles. The molecule has 0 aromatic carbocycles. The summed E-state index contributed by atoms with van der Waals surface area (Å²) in [6, 6.07) is 5.68. The molecule has 1 saturated heterocycles. The Morgan fingerprint density at radius 3 is 3.08 bits per heavy atom. The second kappa shape index (κ2) is 6.10. The van der Waals surface area contributed by atoms with Gasteiger partial charge >= 0.3 is 6.03 Å². The van der Waals surface area contributed by atoms with Crippen molar-refractivity contribution in [2.75, 3.05) is 5.32 Å². The van der Waals surface area contributed by atoms with Crippen LogP contribution in [0.15, 0.2) is 36.9 Å². The maximum absolute atomic E-state index is 12.9. The molecule has 0 radical (unpaired) electrons. The number of rotatable bonds is 2. The first-order chi connectivity index (χ1) is 12.8. The summed E-state index contributed by atoms with van der Waals surface area (Å²) in [5, 5.41) is 12.3. The second-order valence-corrected chi connectivity index (χ2v) is 7.32. The smallest absolute Gasteiger partial charge is 0.314 e. The second-order valence-electron chi connectivity index (χ2n) is 6.34. The summed E-state index contributed by atoms with van der Waals surface area (Å²) in [6.45, 7) is 0. The number of hydrogen-bond acceptors (Lipinski definition) is 7. The van der Waals surface area contributed by atoms with Crippen LogP contribution in [-0.4, -0.2) is 42.1 Å². The van der Waals surface area contributed by atoms with Crippen LogP contribution in [0.5, 0.6) is 0 Å². The monoisotopic (exact) mass is 365 g/mol. The van der Waals surface area contributed by atoms with Crippen LogP contribution in [-0.2, 0) is 6.42 Å². The summed E-state index contributed by atoms with van der Waals surface area (Å²) >= 11 is 1.32. The molecule has 1 N–H and O–H groups in total. The Labute approximate surface area is 153 Å². The number of carbonyl (C=O) groups excluding carboxylic acids is 1. The number of anilines is 1. The van der Waals surface area contributed by atoms with Crippen molar-refractivity contribution >= 4 is 22.5 Å². The minimum atomic E-state index is -0.143. The van der Waals surface area contributed by atoms with Crippen molar-refractivity contribution in [1.29, 1.82) is 0 Å². The molecule has 0 aliphatic carbocycles. The van der Waals surface area contributed by atoms with E-state index in [0.717, 1.165) is 36.2 Å². The van der Waals surface area contributed by atoms with Gasteiger partial charge in [0, 0.05) is 30.4 Å². The summed E-state index contributed by atoms with van der Waals surface area (Å²) in [4.78, 5) is 27.6. The molecular weight excluding hydrogens is 350 g/mol. The molecule has 9 heteroatoms. The van der Waals surface area contributed by atoms with Gasteiger partial charge in [0.15, 0.2) is 5.01 Å². The fraction of sp³-hybridized carbons (Fsp3) is 0.294. The lowest BCUT2D eigenvalue weighted by atomic mass is 10.00. The molecule has 5 rings (SSSR count). The van der Waals surface area contributed by atoms with Crippen molar-refractivity contribution in [1.82, 2.24) is 30.0 Å². The van der Waals surface area contributed by atoms with E-state index in [-0.39, 0.29) is 18.1 Å². The third-order valence-electron chi connectivity index (χ3n) is 4.87. The first kappa shape index (κ1) is 15.3. The van der Waals surface area contributed by atoms with E-state index >= 15 is 0 Å². The lowest BCUT2D eigenvalue weighted by molar-refractivity contribution is 0.178. The van der Waals surface area contributed by atoms with E-state index in [9.17, 15) is 4.79 Å². The molecule has 1 fully saturated rings. The first-order valence-corrected chi connectivity index (χ1v) is 9.24. The third kappa shape index (κ3) is 2.51. The Kier molecular flexibility index (Phi) is 3.59. The summed E-state index contributed by atoms with van der Waals surface area (Å²) in [7, 11) is 0. The van der Waals surface area contributed by atoms with Gasteiger partial charge in [0.25, 0.3) is 0 Å². The van der Waals surface area contributed by atoms with Gasteiger partial charge in [0.1, 0.15) is 12.0 Å². The number of pyridine rings is 1. The maximum Gasteiger partial charge on any atom is 0.324 e. The lowest BCUT2D eigenvalue weighted by Crippen LogP contribution is -2.44. The van der Waals surface area contributed by atoms with E-state index < -0.39 is 0 Å². The Bertz CT molecular complexity index is 961. The molecule has 2 amide bonds. The van der Waals surface area contributed by atoms with Crippen LogP contribution < -0.4 is 5.32 Å². The zero-order valence-electron chi connectivity index (χ0n) is 13.7. The maximum atomic E-state index is 12.9. The number of aromatic nitrogens is 5. The minimum Gasteiger partial charge on any atom is -0.314 e. The average Bonchev–Trinajstić information content (AvgIpc) is 3.26. The molecule has 2 aliphatic rings. The van der Waals surface area contributed by atoms with Gasteiger partial charge in [-0.1, -0.05) is 17.4 Å². The van der Waals surface area contributed by atoms with Crippen molar-refractivity contribution in [2.45, 2.75) is 31.3 Å². The highest BCUT2D eigenvalue weighted by Gasteiger charge is 2.43. The van der Waals surface area contributed by atoms with E-state index in [1.165, 1.54) is 11.3 Å². The fourth-order valence-corrected chi connectivity index (χ4v) is 4.47. The largest absolute Gasteiger partial charge is 0.324 e. The number of carbonyl (C=O) groups is 1. The van der Waals surface area contributed by atoms with Gasteiger partial charge in [-0.2, -0.15) is 0 Å². The summed E-state index contributed by atoms with van der Waals surface area (Å²) in [5.74, 6) is 0. The molecule has 2 unspecified atom stereocenters. The zero-order valence-corrected chi connectivity index (χ0v) is 14.6. The lowest BCUT2D eigenvalue weighted by Gasteiger charge is -2.35. The molecular formula is C17H15N7OS. The average molecular weight is 365 g/mol. The minimum absolute atomic E-state index is 0.0353. The van der Waals surface area contributed by atoms with Crippen molar-refractivity contribution < 1.29 is 4.79 Å². The number of urea groups is 1. The van der Waals surface area contributed by atoms with E-state index in [1.807, 2.05) is 29.3 Å². The van der Waals surface area contributed by atoms with Crippen LogP contribution in [0, 0.1) is 0 Å². The van der Waals surface area contributed by atoms with Crippen molar-refractivity contribution in [2.24, 2.45) is 0 Å². The number of hydrogen-bond donors (Lipinski definition) is 1. The standard InChI is InChI=1S/C17H15N7OS/c25-17(21-16-23-22-15(26-16)12-3-1-2-6-19-12)24-10-4-5-14(24)11-8-18-9-20-13(11)7-10/h1-3,6,8-10,14H,4-5,7H2,(H,21,23,25). The highest BCUT2D eigenvalue weighted by Crippen LogP contribution is 2.43. The quantitative estimate of drug-likeness (QED) is 0.750. The highest BCUT2D eigenvalue weighted by molar-refractivity contribution is 7.18. The SMILES string of the molecule is O=C(Nc1nnc(-c2ccccn2)s1)N1C2CCC1c1cncnc1C2. The molecule has 0 saturated carbocycles. The van der Waals surface area contributed by atoms with E-state index in [1.54, 1.807) is 12.5 Å². The number of nitrogens with zero attached hydrogens (tertiary/aromatic N) is 6. The van der Waals surface area contributed by atoms with Crippen LogP contribution in [0.4, 0.5) is 9.93 Å². The Morgan fingerprint density at radius 1 is 1.23 bits per heavy atom. The van der Waals surface area contributed by atoms with Crippen molar-refractivity contribution in [3.8, 4) is 10.7 Å². The molecule has 8 nitrogen and oxygen atoms in total. The van der Waals surface area contributed by atoms with E-state index in [0.29, 0.717) is 10.1 Å². The molecule has 5 heterocycles. The summed E-state index contributed by atoms with van der Waals surface area (Å²) in [6.07, 6.45) is 7.81. The van der Waals surface area contributed by atoms with Crippen LogP contribution >= 0.6 is 11.3 Å². The Hall–Kier alpha value is -2.94. The van der Waals surface area contributed by atoms with Crippen LogP contribution in [0.2, 0.25) is 0 Å². The Balaban J connectivity index is 1.36. The summed E-state index contributed by atoms with van der Waals surface area (Å²) < 4.78 is 0.